The fourth-order valence-electron chi connectivity index (χ4n) is 8.86. The molecule has 4 N–H and O–H groups in total. The summed E-state index contributed by atoms with van der Waals surface area (Å²) in [5, 5.41) is 5.39. The Morgan fingerprint density at radius 1 is 0.690 bits per heavy atom. The number of benzene rings is 2. The minimum Gasteiger partial charge on any atom is -0.453 e. The highest BCUT2D eigenvalue weighted by molar-refractivity contribution is 5.87. The van der Waals surface area contributed by atoms with Gasteiger partial charge in [-0.1, -0.05) is 62.4 Å². The van der Waals surface area contributed by atoms with Gasteiger partial charge in [-0.15, -0.1) is 0 Å². The Bertz CT molecular complexity index is 2110. The van der Waals surface area contributed by atoms with E-state index in [0.29, 0.717) is 18.9 Å². The lowest BCUT2D eigenvalue weighted by atomic mass is 9.99. The number of aromatic nitrogens is 3. The second-order valence-electron chi connectivity index (χ2n) is 15.9. The molecule has 2 aromatic heterocycles. The molecular weight excluding hydrogens is 739 g/mol. The zero-order valence-corrected chi connectivity index (χ0v) is 34.2. The molecule has 0 spiro atoms. The van der Waals surface area contributed by atoms with E-state index in [1.165, 1.54) is 32.5 Å². The molecule has 2 saturated heterocycles. The van der Waals surface area contributed by atoms with Gasteiger partial charge in [0.2, 0.25) is 11.8 Å². The first-order valence-corrected chi connectivity index (χ1v) is 20.3. The minimum absolute atomic E-state index is 0.0652. The van der Waals surface area contributed by atoms with E-state index < -0.39 is 30.4 Å². The minimum atomic E-state index is -0.891. The highest BCUT2D eigenvalue weighted by Gasteiger charge is 2.40. The Balaban J connectivity index is 1.05. The van der Waals surface area contributed by atoms with Gasteiger partial charge in [0.25, 0.3) is 0 Å². The van der Waals surface area contributed by atoms with Gasteiger partial charge in [-0.2, -0.15) is 0 Å². The topological polar surface area (TPSA) is 171 Å². The van der Waals surface area contributed by atoms with Gasteiger partial charge < -0.3 is 44.6 Å². The number of imidazole rings is 1. The van der Waals surface area contributed by atoms with Crippen LogP contribution in [0.2, 0.25) is 0 Å². The quantitative estimate of drug-likeness (QED) is 0.123. The number of methoxy groups -OCH3 is 3. The Morgan fingerprint density at radius 3 is 1.83 bits per heavy atom. The number of carbonyl (C=O) groups excluding carboxylic acids is 4. The van der Waals surface area contributed by atoms with Crippen molar-refractivity contribution in [1.82, 2.24) is 35.4 Å². The normalized spacial score (nSPS) is 19.2. The molecule has 3 aliphatic rings. The lowest BCUT2D eigenvalue weighted by Crippen LogP contribution is -2.54. The first kappa shape index (κ1) is 40.6. The highest BCUT2D eigenvalue weighted by atomic mass is 16.5. The third-order valence-electron chi connectivity index (χ3n) is 12.1. The molecule has 58 heavy (non-hydrogen) atoms. The Morgan fingerprint density at radius 2 is 1.22 bits per heavy atom. The van der Waals surface area contributed by atoms with Crippen molar-refractivity contribution in [2.75, 3.05) is 34.4 Å². The maximum atomic E-state index is 13.9. The van der Waals surface area contributed by atoms with Crippen LogP contribution in [-0.2, 0) is 36.6 Å². The molecule has 1 aliphatic carbocycles. The van der Waals surface area contributed by atoms with Crippen LogP contribution in [0.4, 0.5) is 9.59 Å². The number of hydrogen-bond acceptors (Lipinski definition) is 8. The van der Waals surface area contributed by atoms with Gasteiger partial charge in [0, 0.05) is 31.6 Å². The van der Waals surface area contributed by atoms with Gasteiger partial charge in [-0.25, -0.2) is 14.6 Å². The number of hydrogen-bond donors (Lipinski definition) is 4. The molecule has 2 aromatic carbocycles. The van der Waals surface area contributed by atoms with Crippen LogP contribution in [0.3, 0.4) is 0 Å². The standard InChI is InChI=1S/C44H55N7O7/c1-25(2)36(48-43(54)57-5)41(52)50-22-8-12-34(50)39-32-11-7-10-31(32)38(47-39)30-20-16-28(17-21-30)27-14-18-29(19-15-27)33-24-45-40(46-33)35-13-9-23-51(35)42(53)37(26(3)56-4)49-44(55)58-6/h14-21,24-26,34-37,47H,7-13,22-23H2,1-6H3,(H,45,46)(H,48,54)(H,49,55)/t26-,34+,35+,36+,37+/m1/s1. The zero-order chi connectivity index (χ0) is 41.1. The number of nitrogens with one attached hydrogen (secondary N) is 4. The molecule has 0 unspecified atom stereocenters. The van der Waals surface area contributed by atoms with E-state index >= 15 is 0 Å². The van der Waals surface area contributed by atoms with E-state index in [9.17, 15) is 19.2 Å². The molecule has 2 aliphatic heterocycles. The number of fused-ring (bicyclic) bond motifs is 1. The number of ether oxygens (including phenoxy) is 3. The number of nitrogens with zero attached hydrogens (tertiary/aromatic N) is 3. The van der Waals surface area contributed by atoms with Crippen LogP contribution in [0, 0.1) is 5.92 Å². The summed E-state index contributed by atoms with van der Waals surface area (Å²) in [5.74, 6) is 0.305. The van der Waals surface area contributed by atoms with Crippen LogP contribution in [0.5, 0.6) is 0 Å². The summed E-state index contributed by atoms with van der Waals surface area (Å²) in [7, 11) is 4.08. The van der Waals surface area contributed by atoms with Gasteiger partial charge in [0.15, 0.2) is 0 Å². The molecule has 4 heterocycles. The van der Waals surface area contributed by atoms with Crippen LogP contribution >= 0.6 is 0 Å². The largest absolute Gasteiger partial charge is 0.453 e. The molecular formula is C44H55N7O7. The molecule has 0 saturated carbocycles. The summed E-state index contributed by atoms with van der Waals surface area (Å²) in [4.78, 5) is 67.3. The van der Waals surface area contributed by atoms with E-state index in [-0.39, 0.29) is 29.8 Å². The fraction of sp³-hybridized carbons (Fsp3) is 0.477. The number of aromatic amines is 2. The monoisotopic (exact) mass is 793 g/mol. The van der Waals surface area contributed by atoms with Gasteiger partial charge in [-0.05, 0) is 91.2 Å². The van der Waals surface area contributed by atoms with Crippen molar-refractivity contribution in [3.05, 3.63) is 77.4 Å². The van der Waals surface area contributed by atoms with Crippen LogP contribution in [0.15, 0.2) is 54.7 Å². The highest BCUT2D eigenvalue weighted by Crippen LogP contribution is 2.42. The van der Waals surface area contributed by atoms with Crippen molar-refractivity contribution >= 4 is 24.0 Å². The van der Waals surface area contributed by atoms with Gasteiger partial charge in [0.1, 0.15) is 17.9 Å². The number of alkyl carbamates (subject to hydrolysis) is 2. The summed E-state index contributed by atoms with van der Waals surface area (Å²) in [5.41, 5.74) is 10.0. The van der Waals surface area contributed by atoms with Crippen molar-refractivity contribution in [2.45, 2.75) is 96.0 Å². The predicted octanol–water partition coefficient (Wildman–Crippen LogP) is 6.69. The third kappa shape index (κ3) is 8.07. The molecule has 5 atom stereocenters. The Hall–Kier alpha value is -5.63. The van der Waals surface area contributed by atoms with Crippen molar-refractivity contribution in [1.29, 1.82) is 0 Å². The van der Waals surface area contributed by atoms with Gasteiger partial charge in [-0.3, -0.25) is 9.59 Å². The van der Waals surface area contributed by atoms with E-state index in [1.807, 2.05) is 18.7 Å². The van der Waals surface area contributed by atoms with Crippen LogP contribution in [0.1, 0.15) is 87.6 Å². The maximum Gasteiger partial charge on any atom is 0.407 e. The van der Waals surface area contributed by atoms with Crippen molar-refractivity contribution in [3.63, 3.8) is 0 Å². The number of amides is 4. The molecule has 0 radical (unpaired) electrons. The molecule has 14 heteroatoms. The Labute approximate surface area is 339 Å². The summed E-state index contributed by atoms with van der Waals surface area (Å²) < 4.78 is 15.0. The summed E-state index contributed by atoms with van der Waals surface area (Å²) in [6.45, 7) is 6.82. The van der Waals surface area contributed by atoms with Crippen LogP contribution in [-0.4, -0.2) is 101 Å². The average molecular weight is 794 g/mol. The van der Waals surface area contributed by atoms with Crippen molar-refractivity contribution in [3.8, 4) is 33.6 Å². The van der Waals surface area contributed by atoms with E-state index in [4.69, 9.17) is 14.2 Å². The second-order valence-corrected chi connectivity index (χ2v) is 15.9. The molecule has 4 aromatic rings. The average Bonchev–Trinajstić information content (AvgIpc) is 4.10. The number of rotatable bonds is 12. The van der Waals surface area contributed by atoms with E-state index in [1.54, 1.807) is 18.0 Å². The number of likely N-dealkylation sites (tertiary alicyclic amines) is 2. The molecule has 0 bridgehead atoms. The lowest BCUT2D eigenvalue weighted by Gasteiger charge is -2.31. The summed E-state index contributed by atoms with van der Waals surface area (Å²) in [6, 6.07) is 15.1. The second kappa shape index (κ2) is 17.5. The molecule has 308 valence electrons. The van der Waals surface area contributed by atoms with Crippen molar-refractivity contribution < 1.29 is 33.4 Å². The smallest absolute Gasteiger partial charge is 0.407 e. The summed E-state index contributed by atoms with van der Waals surface area (Å²) >= 11 is 0. The lowest BCUT2D eigenvalue weighted by molar-refractivity contribution is -0.137. The van der Waals surface area contributed by atoms with Gasteiger partial charge >= 0.3 is 12.2 Å². The maximum absolute atomic E-state index is 13.9. The molecule has 7 rings (SSSR count). The van der Waals surface area contributed by atoms with Crippen LogP contribution in [0.25, 0.3) is 33.6 Å². The fourth-order valence-corrected chi connectivity index (χ4v) is 8.86. The molecule has 4 amide bonds. The number of carbonyl (C=O) groups is 4. The zero-order valence-electron chi connectivity index (χ0n) is 34.2. The van der Waals surface area contributed by atoms with E-state index in [2.05, 4.69) is 74.1 Å². The number of H-pyrrole nitrogens is 2. The van der Waals surface area contributed by atoms with Gasteiger partial charge in [0.05, 0.1) is 44.3 Å². The molecule has 14 nitrogen and oxygen atoms in total. The SMILES string of the molecule is COC(=O)N[C@H](C(=O)N1CCC[C@H]1c1[nH]c(-c2ccc(-c3ccc(-c4cnc([C@@H]5CCCN5C(=O)[C@@H](NC(=O)OC)[C@@H](C)OC)[nH]4)cc3)cc2)c2c1CCC2)C(C)C. The van der Waals surface area contributed by atoms with Crippen LogP contribution < -0.4 is 10.6 Å². The first-order valence-electron chi connectivity index (χ1n) is 20.3. The predicted molar refractivity (Wildman–Crippen MR) is 219 cm³/mol. The van der Waals surface area contributed by atoms with E-state index in [0.717, 1.165) is 84.3 Å². The summed E-state index contributed by atoms with van der Waals surface area (Å²) in [6.07, 6.45) is 6.37. The molecule has 2 fully saturated rings. The van der Waals surface area contributed by atoms with Crippen molar-refractivity contribution in [2.24, 2.45) is 5.92 Å². The Kier molecular flexibility index (Phi) is 12.2. The third-order valence-corrected chi connectivity index (χ3v) is 12.1. The first-order chi connectivity index (χ1) is 28.0.